The lowest BCUT2D eigenvalue weighted by atomic mass is 9.96. The molecule has 43 heavy (non-hydrogen) atoms. The van der Waals surface area contributed by atoms with Crippen LogP contribution in [0.15, 0.2) is 48.7 Å². The highest BCUT2D eigenvalue weighted by Gasteiger charge is 2.26. The predicted octanol–water partition coefficient (Wildman–Crippen LogP) is 7.50. The molecule has 4 rings (SSSR count). The Balaban J connectivity index is 1.72. The lowest BCUT2D eigenvalue weighted by Crippen LogP contribution is -2.43. The first kappa shape index (κ1) is 32.4. The van der Waals surface area contributed by atoms with Gasteiger partial charge in [0.1, 0.15) is 11.3 Å². The number of pyridine rings is 1. The van der Waals surface area contributed by atoms with Crippen molar-refractivity contribution < 1.29 is 13.6 Å². The van der Waals surface area contributed by atoms with E-state index in [2.05, 4.69) is 54.1 Å². The molecule has 0 fully saturated rings. The van der Waals surface area contributed by atoms with E-state index in [1.807, 2.05) is 46.8 Å². The maximum atomic E-state index is 12.4. The van der Waals surface area contributed by atoms with Gasteiger partial charge in [-0.25, -0.2) is 9.97 Å². The number of nitrogens with zero attached hydrogens (tertiary/aromatic N) is 4. The maximum absolute atomic E-state index is 12.4. The third kappa shape index (κ3) is 7.33. The van der Waals surface area contributed by atoms with Crippen LogP contribution < -0.4 is 9.62 Å². The van der Waals surface area contributed by atoms with Crippen molar-refractivity contribution in [1.29, 1.82) is 0 Å². The standard InChI is InChI=1S/C34H45N5O3S/c1-8-11-24-16-19-29(39(43(41)42)34(5,6)7)27(20-24)26-17-14-25(15-18-26)22-38-30(12-9-2)37-32-23(4)28(21-35-33(32)38)36-31(40)13-10-3/h14-21H,8-13,22H2,1-7H3,(H,36,40)(H,41,42)/p-1. The van der Waals surface area contributed by atoms with Gasteiger partial charge in [-0.05, 0) is 75.8 Å². The monoisotopic (exact) mass is 602 g/mol. The van der Waals surface area contributed by atoms with Gasteiger partial charge in [0.2, 0.25) is 5.91 Å². The van der Waals surface area contributed by atoms with Crippen LogP contribution in [0.4, 0.5) is 11.4 Å². The topological polar surface area (TPSA) is 103 Å². The molecular formula is C34H44N5O3S-. The summed E-state index contributed by atoms with van der Waals surface area (Å²) in [7, 11) is 0. The van der Waals surface area contributed by atoms with E-state index < -0.39 is 16.8 Å². The molecule has 1 unspecified atom stereocenters. The second kappa shape index (κ2) is 13.8. The van der Waals surface area contributed by atoms with Crippen molar-refractivity contribution in [3.63, 3.8) is 0 Å². The zero-order chi connectivity index (χ0) is 31.3. The van der Waals surface area contributed by atoms with Crippen molar-refractivity contribution in [3.8, 4) is 11.1 Å². The molecule has 230 valence electrons. The second-order valence-electron chi connectivity index (χ2n) is 12.1. The quantitative estimate of drug-likeness (QED) is 0.169. The number of rotatable bonds is 12. The average molecular weight is 603 g/mol. The van der Waals surface area contributed by atoms with Gasteiger partial charge in [-0.2, -0.15) is 0 Å². The third-order valence-corrected chi connectivity index (χ3v) is 8.54. The number of nitrogens with one attached hydrogen (secondary N) is 1. The molecule has 0 bridgehead atoms. The Hall–Kier alpha value is -3.56. The Morgan fingerprint density at radius 1 is 1.00 bits per heavy atom. The number of imidazole rings is 1. The third-order valence-electron chi connectivity index (χ3n) is 7.50. The van der Waals surface area contributed by atoms with Gasteiger partial charge in [0.25, 0.3) is 0 Å². The molecule has 0 radical (unpaired) electrons. The minimum atomic E-state index is -2.43. The molecule has 0 saturated heterocycles. The minimum absolute atomic E-state index is 0.0180. The van der Waals surface area contributed by atoms with E-state index >= 15 is 0 Å². The van der Waals surface area contributed by atoms with Crippen LogP contribution in [0.1, 0.15) is 89.7 Å². The number of carbonyl (C=O) groups is 1. The highest BCUT2D eigenvalue weighted by molar-refractivity contribution is 7.80. The number of hydrogen-bond acceptors (Lipinski definition) is 5. The lowest BCUT2D eigenvalue weighted by Gasteiger charge is -2.39. The Morgan fingerprint density at radius 3 is 2.28 bits per heavy atom. The van der Waals surface area contributed by atoms with Gasteiger partial charge in [0.15, 0.2) is 5.65 Å². The fourth-order valence-electron chi connectivity index (χ4n) is 5.44. The van der Waals surface area contributed by atoms with E-state index in [9.17, 15) is 13.6 Å². The first-order valence-electron chi connectivity index (χ1n) is 15.2. The van der Waals surface area contributed by atoms with Crippen LogP contribution in [-0.2, 0) is 35.4 Å². The first-order chi connectivity index (χ1) is 20.5. The van der Waals surface area contributed by atoms with Crippen LogP contribution in [0.2, 0.25) is 0 Å². The molecule has 0 aliphatic rings. The highest BCUT2D eigenvalue weighted by Crippen LogP contribution is 2.37. The summed E-state index contributed by atoms with van der Waals surface area (Å²) >= 11 is -2.43. The Bertz CT molecular complexity index is 1610. The minimum Gasteiger partial charge on any atom is -0.755 e. The van der Waals surface area contributed by atoms with Gasteiger partial charge in [0, 0.05) is 40.8 Å². The normalized spacial score (nSPS) is 12.5. The van der Waals surface area contributed by atoms with E-state index in [1.165, 1.54) is 9.87 Å². The lowest BCUT2D eigenvalue weighted by molar-refractivity contribution is -0.116. The molecule has 8 nitrogen and oxygen atoms in total. The summed E-state index contributed by atoms with van der Waals surface area (Å²) in [4.78, 5) is 21.9. The number of amides is 1. The fraction of sp³-hybridized carbons (Fsp3) is 0.441. The molecule has 2 aromatic carbocycles. The van der Waals surface area contributed by atoms with Crippen molar-refractivity contribution in [2.45, 2.75) is 99.1 Å². The summed E-state index contributed by atoms with van der Waals surface area (Å²) < 4.78 is 28.4. The van der Waals surface area contributed by atoms with Gasteiger partial charge >= 0.3 is 0 Å². The van der Waals surface area contributed by atoms with Crippen molar-refractivity contribution in [2.75, 3.05) is 9.62 Å². The van der Waals surface area contributed by atoms with Crippen molar-refractivity contribution in [2.24, 2.45) is 0 Å². The molecule has 1 N–H and O–H groups in total. The first-order valence-corrected chi connectivity index (χ1v) is 16.3. The largest absolute Gasteiger partial charge is 0.755 e. The van der Waals surface area contributed by atoms with Crippen molar-refractivity contribution in [3.05, 3.63) is 71.2 Å². The van der Waals surface area contributed by atoms with Crippen LogP contribution in [0.3, 0.4) is 0 Å². The number of aromatic nitrogens is 3. The zero-order valence-electron chi connectivity index (χ0n) is 26.5. The Labute approximate surface area is 258 Å². The number of benzene rings is 2. The van der Waals surface area contributed by atoms with E-state index in [-0.39, 0.29) is 5.91 Å². The average Bonchev–Trinajstić information content (AvgIpc) is 3.28. The molecule has 0 aliphatic carbocycles. The molecular weight excluding hydrogens is 558 g/mol. The van der Waals surface area contributed by atoms with Crippen molar-refractivity contribution in [1.82, 2.24) is 14.5 Å². The summed E-state index contributed by atoms with van der Waals surface area (Å²) in [6, 6.07) is 14.4. The predicted molar refractivity (Wildman–Crippen MR) is 176 cm³/mol. The van der Waals surface area contributed by atoms with Crippen LogP contribution in [0.5, 0.6) is 0 Å². The van der Waals surface area contributed by atoms with Crippen LogP contribution in [-0.4, -0.2) is 34.7 Å². The summed E-state index contributed by atoms with van der Waals surface area (Å²) in [5.41, 5.74) is 7.39. The second-order valence-corrected chi connectivity index (χ2v) is 12.9. The van der Waals surface area contributed by atoms with Gasteiger partial charge in [-0.15, -0.1) is 0 Å². The van der Waals surface area contributed by atoms with Gasteiger partial charge in [-0.1, -0.05) is 57.5 Å². The van der Waals surface area contributed by atoms with Gasteiger partial charge < -0.3 is 14.4 Å². The van der Waals surface area contributed by atoms with Gasteiger partial charge in [0.05, 0.1) is 24.1 Å². The molecule has 0 spiro atoms. The van der Waals surface area contributed by atoms with Crippen LogP contribution >= 0.6 is 0 Å². The van der Waals surface area contributed by atoms with E-state index in [4.69, 9.17) is 9.97 Å². The molecule has 0 aliphatic heterocycles. The van der Waals surface area contributed by atoms with E-state index in [0.29, 0.717) is 24.3 Å². The van der Waals surface area contributed by atoms with E-state index in [0.717, 1.165) is 71.3 Å². The molecule has 1 atom stereocenters. The smallest absolute Gasteiger partial charge is 0.224 e. The number of anilines is 2. The van der Waals surface area contributed by atoms with Gasteiger partial charge in [-0.3, -0.25) is 13.3 Å². The van der Waals surface area contributed by atoms with Crippen LogP contribution in [0, 0.1) is 6.92 Å². The molecule has 1 amide bonds. The van der Waals surface area contributed by atoms with Crippen molar-refractivity contribution >= 4 is 39.7 Å². The highest BCUT2D eigenvalue weighted by atomic mass is 32.2. The Morgan fingerprint density at radius 2 is 1.67 bits per heavy atom. The summed E-state index contributed by atoms with van der Waals surface area (Å²) in [6.07, 6.45) is 6.67. The van der Waals surface area contributed by atoms with E-state index in [1.54, 1.807) is 6.20 Å². The number of carbonyl (C=O) groups excluding carboxylic acids is 1. The molecule has 0 saturated carbocycles. The Kier molecular flexibility index (Phi) is 10.4. The summed E-state index contributed by atoms with van der Waals surface area (Å²) in [6.45, 7) is 14.5. The SMILES string of the molecule is CCCC(=O)Nc1cnc2c(nc(CCC)n2Cc2ccc(-c3cc(CCC)ccc3N(S(=O)[O-])C(C)(C)C)cc2)c1C. The zero-order valence-corrected chi connectivity index (χ0v) is 27.3. The van der Waals surface area contributed by atoms with Crippen LogP contribution in [0.25, 0.3) is 22.3 Å². The summed E-state index contributed by atoms with van der Waals surface area (Å²) in [5, 5.41) is 2.98. The molecule has 2 aromatic heterocycles. The summed E-state index contributed by atoms with van der Waals surface area (Å²) in [5.74, 6) is 0.943. The molecule has 4 aromatic rings. The molecule has 2 heterocycles. The fourth-order valence-corrected chi connectivity index (χ4v) is 6.21. The molecule has 9 heteroatoms. The number of fused-ring (bicyclic) bond motifs is 1. The number of hydrogen-bond donors (Lipinski definition) is 1. The number of aryl methyl sites for hydroxylation is 3. The maximum Gasteiger partial charge on any atom is 0.224 e.